The van der Waals surface area contributed by atoms with Crippen LogP contribution in [0.4, 0.5) is 5.82 Å². The number of rotatable bonds is 1. The quantitative estimate of drug-likeness (QED) is 0.660. The highest BCUT2D eigenvalue weighted by Gasteiger charge is 2.03. The van der Waals surface area contributed by atoms with E-state index in [0.717, 1.165) is 0 Å². The molecule has 0 aromatic carbocycles. The summed E-state index contributed by atoms with van der Waals surface area (Å²) in [6.45, 7) is 0. The van der Waals surface area contributed by atoms with Crippen molar-refractivity contribution in [1.29, 1.82) is 0 Å². The molecule has 2 N–H and O–H groups in total. The number of aromatic nitrogens is 4. The summed E-state index contributed by atoms with van der Waals surface area (Å²) < 4.78 is 4.84. The Bertz CT molecular complexity index is 444. The molecule has 0 radical (unpaired) electrons. The molecule has 0 saturated carbocycles. The van der Waals surface area contributed by atoms with Gasteiger partial charge in [0, 0.05) is 6.20 Å². The summed E-state index contributed by atoms with van der Waals surface area (Å²) in [5.41, 5.74) is 6.06. The van der Waals surface area contributed by atoms with Crippen LogP contribution in [0.5, 0.6) is 6.01 Å². The second kappa shape index (κ2) is 2.81. The minimum Gasteiger partial charge on any atom is -0.467 e. The molecular weight excluding hydrogens is 170 g/mol. The van der Waals surface area contributed by atoms with Crippen molar-refractivity contribution in [2.75, 3.05) is 12.8 Å². The van der Waals surface area contributed by atoms with E-state index < -0.39 is 0 Å². The fourth-order valence-electron chi connectivity index (χ4n) is 0.950. The van der Waals surface area contributed by atoms with Gasteiger partial charge >= 0.3 is 6.01 Å². The van der Waals surface area contributed by atoms with Crippen LogP contribution in [0.15, 0.2) is 12.5 Å². The molecule has 6 heteroatoms. The van der Waals surface area contributed by atoms with Crippen LogP contribution in [0.1, 0.15) is 0 Å². The molecule has 2 heterocycles. The van der Waals surface area contributed by atoms with Gasteiger partial charge in [-0.2, -0.15) is 4.98 Å². The highest BCUT2D eigenvalue weighted by atomic mass is 16.5. The van der Waals surface area contributed by atoms with Crippen molar-refractivity contribution < 1.29 is 4.74 Å². The number of nitrogen functional groups attached to an aromatic ring is 1. The van der Waals surface area contributed by atoms with Gasteiger partial charge in [-0.3, -0.25) is 0 Å². The van der Waals surface area contributed by atoms with E-state index in [0.29, 0.717) is 16.9 Å². The highest BCUT2D eigenvalue weighted by Crippen LogP contribution is 2.14. The molecule has 0 aliphatic heterocycles. The first-order valence-corrected chi connectivity index (χ1v) is 3.58. The summed E-state index contributed by atoms with van der Waals surface area (Å²) in [5, 5.41) is 0.628. The molecule has 2 aromatic rings. The molecule has 0 amide bonds. The molecule has 0 aliphatic rings. The molecule has 0 bridgehead atoms. The van der Waals surface area contributed by atoms with Crippen molar-refractivity contribution in [2.24, 2.45) is 0 Å². The first-order valence-electron chi connectivity index (χ1n) is 3.58. The average molecular weight is 177 g/mol. The van der Waals surface area contributed by atoms with E-state index in [1.807, 2.05) is 0 Å². The second-order valence-electron chi connectivity index (χ2n) is 2.35. The number of nitrogens with two attached hydrogens (primary N) is 1. The van der Waals surface area contributed by atoms with Gasteiger partial charge in [-0.25, -0.2) is 15.0 Å². The minimum absolute atomic E-state index is 0.269. The summed E-state index contributed by atoms with van der Waals surface area (Å²) >= 11 is 0. The Labute approximate surface area is 73.8 Å². The number of methoxy groups -OCH3 is 1. The molecule has 0 unspecified atom stereocenters. The summed E-state index contributed by atoms with van der Waals surface area (Å²) in [5.74, 6) is 0.368. The van der Waals surface area contributed by atoms with E-state index >= 15 is 0 Å². The van der Waals surface area contributed by atoms with Crippen LogP contribution >= 0.6 is 0 Å². The smallest absolute Gasteiger partial charge is 0.318 e. The minimum atomic E-state index is 0.269. The molecule has 0 spiro atoms. The van der Waals surface area contributed by atoms with Crippen molar-refractivity contribution in [2.45, 2.75) is 0 Å². The number of ether oxygens (including phenoxy) is 1. The third-order valence-electron chi connectivity index (χ3n) is 1.58. The van der Waals surface area contributed by atoms with E-state index in [9.17, 15) is 0 Å². The molecule has 2 aromatic heterocycles. The third-order valence-corrected chi connectivity index (χ3v) is 1.58. The van der Waals surface area contributed by atoms with Gasteiger partial charge in [-0.05, 0) is 0 Å². The molecule has 0 aliphatic carbocycles. The zero-order valence-corrected chi connectivity index (χ0v) is 6.93. The zero-order valence-electron chi connectivity index (χ0n) is 6.93. The number of fused-ring (bicyclic) bond motifs is 1. The van der Waals surface area contributed by atoms with Crippen LogP contribution < -0.4 is 10.5 Å². The van der Waals surface area contributed by atoms with Gasteiger partial charge in [-0.15, -0.1) is 0 Å². The summed E-state index contributed by atoms with van der Waals surface area (Å²) in [6, 6.07) is 0.269. The summed E-state index contributed by atoms with van der Waals surface area (Å²) in [6.07, 6.45) is 2.89. The Morgan fingerprint density at radius 3 is 2.92 bits per heavy atom. The van der Waals surface area contributed by atoms with E-state index in [-0.39, 0.29) is 6.01 Å². The molecule has 13 heavy (non-hydrogen) atoms. The van der Waals surface area contributed by atoms with Gasteiger partial charge in [0.05, 0.1) is 12.5 Å². The zero-order chi connectivity index (χ0) is 9.26. The lowest BCUT2D eigenvalue weighted by atomic mass is 10.4. The van der Waals surface area contributed by atoms with Crippen LogP contribution in [-0.4, -0.2) is 27.0 Å². The number of hydrogen-bond donors (Lipinski definition) is 1. The number of hydrogen-bond acceptors (Lipinski definition) is 6. The van der Waals surface area contributed by atoms with Crippen molar-refractivity contribution in [3.05, 3.63) is 12.5 Å². The van der Waals surface area contributed by atoms with Crippen molar-refractivity contribution in [3.8, 4) is 6.01 Å². The summed E-state index contributed by atoms with van der Waals surface area (Å²) in [7, 11) is 1.49. The maximum absolute atomic E-state index is 5.58. The number of nitrogens with zero attached hydrogens (tertiary/aromatic N) is 4. The lowest BCUT2D eigenvalue weighted by Gasteiger charge is -2.00. The van der Waals surface area contributed by atoms with Crippen LogP contribution in [0.25, 0.3) is 11.0 Å². The first-order chi connectivity index (χ1) is 6.31. The molecular formula is C7H7N5O. The fourth-order valence-corrected chi connectivity index (χ4v) is 0.950. The Kier molecular flexibility index (Phi) is 1.66. The maximum Gasteiger partial charge on any atom is 0.318 e. The Balaban J connectivity index is 2.72. The van der Waals surface area contributed by atoms with E-state index in [2.05, 4.69) is 19.9 Å². The van der Waals surface area contributed by atoms with E-state index in [1.54, 1.807) is 0 Å². The molecule has 0 saturated heterocycles. The van der Waals surface area contributed by atoms with E-state index in [1.165, 1.54) is 19.6 Å². The first kappa shape index (κ1) is 7.66. The lowest BCUT2D eigenvalue weighted by Crippen LogP contribution is -1.98. The fraction of sp³-hybridized carbons (Fsp3) is 0.143. The van der Waals surface area contributed by atoms with Gasteiger partial charge in [-0.1, -0.05) is 0 Å². The van der Waals surface area contributed by atoms with Crippen LogP contribution in [0, 0.1) is 0 Å². The van der Waals surface area contributed by atoms with Crippen molar-refractivity contribution >= 4 is 16.9 Å². The van der Waals surface area contributed by atoms with Crippen molar-refractivity contribution in [3.63, 3.8) is 0 Å². The second-order valence-corrected chi connectivity index (χ2v) is 2.35. The molecule has 6 nitrogen and oxygen atoms in total. The molecule has 0 fully saturated rings. The SMILES string of the molecule is COc1ncc2c(N)ncnc2n1. The third kappa shape index (κ3) is 1.22. The molecule has 0 atom stereocenters. The Morgan fingerprint density at radius 1 is 1.31 bits per heavy atom. The van der Waals surface area contributed by atoms with Gasteiger partial charge in [0.2, 0.25) is 0 Å². The van der Waals surface area contributed by atoms with Crippen molar-refractivity contribution in [1.82, 2.24) is 19.9 Å². The maximum atomic E-state index is 5.58. The highest BCUT2D eigenvalue weighted by molar-refractivity contribution is 5.83. The largest absolute Gasteiger partial charge is 0.467 e. The predicted molar refractivity (Wildman–Crippen MR) is 46.1 cm³/mol. The van der Waals surface area contributed by atoms with Crippen LogP contribution in [-0.2, 0) is 0 Å². The van der Waals surface area contributed by atoms with Gasteiger partial charge in [0.15, 0.2) is 5.65 Å². The Morgan fingerprint density at radius 2 is 2.15 bits per heavy atom. The normalized spacial score (nSPS) is 10.2. The standard InChI is InChI=1S/C7H7N5O/c1-13-7-9-2-4-5(8)10-3-11-6(4)12-7/h2-3H,1H3,(H2,8,9,10,11,12). The molecule has 66 valence electrons. The molecule has 2 rings (SSSR count). The number of anilines is 1. The summed E-state index contributed by atoms with van der Waals surface area (Å²) in [4.78, 5) is 15.6. The monoisotopic (exact) mass is 177 g/mol. The van der Waals surface area contributed by atoms with Gasteiger partial charge < -0.3 is 10.5 Å². The van der Waals surface area contributed by atoms with Crippen LogP contribution in [0.2, 0.25) is 0 Å². The predicted octanol–water partition coefficient (Wildman–Crippen LogP) is 0.0106. The van der Waals surface area contributed by atoms with Crippen LogP contribution in [0.3, 0.4) is 0 Å². The van der Waals surface area contributed by atoms with Gasteiger partial charge in [0.25, 0.3) is 0 Å². The topological polar surface area (TPSA) is 86.8 Å². The van der Waals surface area contributed by atoms with E-state index in [4.69, 9.17) is 10.5 Å². The lowest BCUT2D eigenvalue weighted by molar-refractivity contribution is 0.381. The van der Waals surface area contributed by atoms with Gasteiger partial charge in [0.1, 0.15) is 12.1 Å². The Hall–Kier alpha value is -1.98. The average Bonchev–Trinajstić information content (AvgIpc) is 2.18.